The lowest BCUT2D eigenvalue weighted by atomic mass is 10.2. The van der Waals surface area contributed by atoms with E-state index in [0.717, 1.165) is 28.9 Å². The van der Waals surface area contributed by atoms with Gasteiger partial charge < -0.3 is 0 Å². The highest BCUT2D eigenvalue weighted by Gasteiger charge is 2.30. The Kier molecular flexibility index (Phi) is 3.16. The molecule has 0 saturated heterocycles. The zero-order valence-corrected chi connectivity index (χ0v) is 11.2. The summed E-state index contributed by atoms with van der Waals surface area (Å²) in [6.45, 7) is 1.97. The summed E-state index contributed by atoms with van der Waals surface area (Å²) in [6, 6.07) is 8.59. The minimum atomic E-state index is -4.33. The van der Waals surface area contributed by atoms with Crippen LogP contribution in [0, 0.1) is 0 Å². The number of halogens is 3. The second-order valence-electron chi connectivity index (χ2n) is 4.63. The molecule has 0 saturated carbocycles. The van der Waals surface area contributed by atoms with Crippen molar-refractivity contribution in [2.75, 3.05) is 0 Å². The Morgan fingerprint density at radius 3 is 2.43 bits per heavy atom. The van der Waals surface area contributed by atoms with Gasteiger partial charge in [0.05, 0.1) is 22.5 Å². The SMILES string of the molecule is CCc1nn(-c2ccc(C(F)(F)F)cc2)c2cccnc12. The van der Waals surface area contributed by atoms with Crippen molar-refractivity contribution >= 4 is 11.0 Å². The molecule has 0 fully saturated rings. The molecule has 21 heavy (non-hydrogen) atoms. The van der Waals surface area contributed by atoms with E-state index in [4.69, 9.17) is 0 Å². The highest BCUT2D eigenvalue weighted by Crippen LogP contribution is 2.30. The summed E-state index contributed by atoms with van der Waals surface area (Å²) in [4.78, 5) is 4.29. The van der Waals surface area contributed by atoms with E-state index >= 15 is 0 Å². The first-order chi connectivity index (χ1) is 10.0. The van der Waals surface area contributed by atoms with Gasteiger partial charge in [0.1, 0.15) is 5.52 Å². The number of alkyl halides is 3. The van der Waals surface area contributed by atoms with Crippen molar-refractivity contribution in [3.8, 4) is 5.69 Å². The number of aromatic nitrogens is 3. The third-order valence-electron chi connectivity index (χ3n) is 3.28. The fourth-order valence-electron chi connectivity index (χ4n) is 2.24. The number of hydrogen-bond donors (Lipinski definition) is 0. The highest BCUT2D eigenvalue weighted by atomic mass is 19.4. The first kappa shape index (κ1) is 13.6. The van der Waals surface area contributed by atoms with Gasteiger partial charge in [-0.15, -0.1) is 0 Å². The summed E-state index contributed by atoms with van der Waals surface area (Å²) in [6.07, 6.45) is -1.94. The lowest BCUT2D eigenvalue weighted by Gasteiger charge is -2.08. The summed E-state index contributed by atoms with van der Waals surface area (Å²) in [5.74, 6) is 0. The number of fused-ring (bicyclic) bond motifs is 1. The smallest absolute Gasteiger partial charge is 0.253 e. The molecule has 3 nitrogen and oxygen atoms in total. The van der Waals surface area contributed by atoms with Crippen molar-refractivity contribution in [1.29, 1.82) is 0 Å². The third-order valence-corrected chi connectivity index (χ3v) is 3.28. The number of aryl methyl sites for hydroxylation is 1. The Morgan fingerprint density at radius 1 is 1.10 bits per heavy atom. The molecule has 2 heterocycles. The van der Waals surface area contributed by atoms with Gasteiger partial charge in [-0.1, -0.05) is 6.92 Å². The summed E-state index contributed by atoms with van der Waals surface area (Å²) >= 11 is 0. The van der Waals surface area contributed by atoms with Crippen molar-refractivity contribution in [2.24, 2.45) is 0 Å². The van der Waals surface area contributed by atoms with Crippen LogP contribution in [0.1, 0.15) is 18.2 Å². The Hall–Kier alpha value is -2.37. The number of benzene rings is 1. The van der Waals surface area contributed by atoms with Gasteiger partial charge in [0.25, 0.3) is 0 Å². The van der Waals surface area contributed by atoms with Gasteiger partial charge in [0.15, 0.2) is 0 Å². The summed E-state index contributed by atoms with van der Waals surface area (Å²) in [5.41, 5.74) is 2.30. The van der Waals surface area contributed by atoms with Crippen LogP contribution in [0.2, 0.25) is 0 Å². The molecule has 3 aromatic rings. The van der Waals surface area contributed by atoms with Gasteiger partial charge in [0.2, 0.25) is 0 Å². The van der Waals surface area contributed by atoms with E-state index < -0.39 is 11.7 Å². The van der Waals surface area contributed by atoms with Gasteiger partial charge in [0, 0.05) is 6.20 Å². The average molecular weight is 291 g/mol. The second kappa shape index (κ2) is 4.87. The Bertz CT molecular complexity index is 773. The molecule has 0 aliphatic rings. The molecule has 0 spiro atoms. The minimum absolute atomic E-state index is 0.584. The van der Waals surface area contributed by atoms with Crippen LogP contribution in [-0.2, 0) is 12.6 Å². The van der Waals surface area contributed by atoms with E-state index in [1.807, 2.05) is 13.0 Å². The maximum absolute atomic E-state index is 12.6. The maximum atomic E-state index is 12.6. The van der Waals surface area contributed by atoms with Crippen LogP contribution in [0.5, 0.6) is 0 Å². The van der Waals surface area contributed by atoms with Crippen LogP contribution >= 0.6 is 0 Å². The summed E-state index contributed by atoms with van der Waals surface area (Å²) < 4.78 is 39.4. The average Bonchev–Trinajstić information content (AvgIpc) is 2.85. The Morgan fingerprint density at radius 2 is 1.81 bits per heavy atom. The van der Waals surface area contributed by atoms with Crippen molar-refractivity contribution in [3.05, 3.63) is 53.9 Å². The molecule has 0 unspecified atom stereocenters. The van der Waals surface area contributed by atoms with Crippen molar-refractivity contribution in [1.82, 2.24) is 14.8 Å². The predicted octanol–water partition coefficient (Wildman–Crippen LogP) is 4.00. The molecule has 0 aliphatic heterocycles. The van der Waals surface area contributed by atoms with E-state index in [1.165, 1.54) is 12.1 Å². The standard InChI is InChI=1S/C15H12F3N3/c1-2-12-14-13(4-3-9-19-14)21(20-12)11-7-5-10(6-8-11)15(16,17)18/h3-9H,2H2,1H3. The monoisotopic (exact) mass is 291 g/mol. The van der Waals surface area contributed by atoms with Crippen LogP contribution in [-0.4, -0.2) is 14.8 Å². The number of hydrogen-bond acceptors (Lipinski definition) is 2. The van der Waals surface area contributed by atoms with Crippen LogP contribution in [0.15, 0.2) is 42.6 Å². The lowest BCUT2D eigenvalue weighted by molar-refractivity contribution is -0.137. The van der Waals surface area contributed by atoms with Gasteiger partial charge in [-0.2, -0.15) is 18.3 Å². The zero-order valence-electron chi connectivity index (χ0n) is 11.2. The normalized spacial score (nSPS) is 12.0. The largest absolute Gasteiger partial charge is 0.416 e. The molecule has 2 aromatic heterocycles. The van der Waals surface area contributed by atoms with Crippen LogP contribution in [0.25, 0.3) is 16.7 Å². The molecule has 0 amide bonds. The van der Waals surface area contributed by atoms with Crippen molar-refractivity contribution in [2.45, 2.75) is 19.5 Å². The number of nitrogens with zero attached hydrogens (tertiary/aromatic N) is 3. The molecule has 108 valence electrons. The molecule has 3 rings (SSSR count). The van der Waals surface area contributed by atoms with Crippen LogP contribution in [0.4, 0.5) is 13.2 Å². The molecular formula is C15H12F3N3. The lowest BCUT2D eigenvalue weighted by Crippen LogP contribution is -2.05. The Balaban J connectivity index is 2.12. The molecule has 1 aromatic carbocycles. The van der Waals surface area contributed by atoms with E-state index in [0.29, 0.717) is 12.1 Å². The predicted molar refractivity (Wildman–Crippen MR) is 73.2 cm³/mol. The number of pyridine rings is 1. The maximum Gasteiger partial charge on any atom is 0.416 e. The zero-order chi connectivity index (χ0) is 15.0. The van der Waals surface area contributed by atoms with Crippen molar-refractivity contribution in [3.63, 3.8) is 0 Å². The van der Waals surface area contributed by atoms with Gasteiger partial charge in [-0.25, -0.2) is 4.68 Å². The fraction of sp³-hybridized carbons (Fsp3) is 0.200. The van der Waals surface area contributed by atoms with Crippen LogP contribution < -0.4 is 0 Å². The van der Waals surface area contributed by atoms with Gasteiger partial charge >= 0.3 is 6.18 Å². The van der Waals surface area contributed by atoms with Gasteiger partial charge in [-0.3, -0.25) is 4.98 Å². The third kappa shape index (κ3) is 2.37. The first-order valence-corrected chi connectivity index (χ1v) is 6.51. The first-order valence-electron chi connectivity index (χ1n) is 6.51. The fourth-order valence-corrected chi connectivity index (χ4v) is 2.24. The molecule has 0 radical (unpaired) electrons. The van der Waals surface area contributed by atoms with Crippen molar-refractivity contribution < 1.29 is 13.2 Å². The van der Waals surface area contributed by atoms with E-state index in [2.05, 4.69) is 10.1 Å². The summed E-state index contributed by atoms with van der Waals surface area (Å²) in [7, 11) is 0. The minimum Gasteiger partial charge on any atom is -0.253 e. The van der Waals surface area contributed by atoms with Crippen LogP contribution in [0.3, 0.4) is 0 Å². The van der Waals surface area contributed by atoms with Gasteiger partial charge in [-0.05, 0) is 42.8 Å². The molecule has 0 N–H and O–H groups in total. The molecule has 6 heteroatoms. The highest BCUT2D eigenvalue weighted by molar-refractivity contribution is 5.79. The van der Waals surface area contributed by atoms with E-state index in [-0.39, 0.29) is 0 Å². The van der Waals surface area contributed by atoms with E-state index in [1.54, 1.807) is 16.9 Å². The van der Waals surface area contributed by atoms with E-state index in [9.17, 15) is 13.2 Å². The second-order valence-corrected chi connectivity index (χ2v) is 4.63. The summed E-state index contributed by atoms with van der Waals surface area (Å²) in [5, 5.41) is 4.44. The number of rotatable bonds is 2. The topological polar surface area (TPSA) is 30.7 Å². The Labute approximate surface area is 119 Å². The molecule has 0 aliphatic carbocycles. The molecule has 0 bridgehead atoms. The quantitative estimate of drug-likeness (QED) is 0.714. The molecular weight excluding hydrogens is 279 g/mol. The molecule has 0 atom stereocenters.